The number of halogens is 1. The summed E-state index contributed by atoms with van der Waals surface area (Å²) in [6, 6.07) is 7.03. The van der Waals surface area contributed by atoms with Gasteiger partial charge in [0.2, 0.25) is 0 Å². The first-order valence-corrected chi connectivity index (χ1v) is 6.39. The number of aryl methyl sites for hydroxylation is 1. The predicted molar refractivity (Wildman–Crippen MR) is 72.1 cm³/mol. The summed E-state index contributed by atoms with van der Waals surface area (Å²) < 4.78 is 11.4. The Hall–Kier alpha value is -1.82. The molecule has 0 fully saturated rings. The third-order valence-electron chi connectivity index (χ3n) is 2.49. The van der Waals surface area contributed by atoms with E-state index in [4.69, 9.17) is 14.4 Å². The third kappa shape index (κ3) is 3.14. The second-order valence-electron chi connectivity index (χ2n) is 4.07. The number of nitrogens with zero attached hydrogens (tertiary/aromatic N) is 1. The van der Waals surface area contributed by atoms with Crippen LogP contribution >= 0.6 is 15.9 Å². The lowest BCUT2D eigenvalue weighted by Crippen LogP contribution is -2.23. The lowest BCUT2D eigenvalue weighted by molar-refractivity contribution is -0.144. The second kappa shape index (κ2) is 5.44. The Morgan fingerprint density at radius 2 is 2.21 bits per heavy atom. The topological polar surface area (TPSA) is 72.6 Å². The van der Waals surface area contributed by atoms with Crippen LogP contribution in [0.15, 0.2) is 33.3 Å². The van der Waals surface area contributed by atoms with Crippen molar-refractivity contribution in [3.05, 3.63) is 34.4 Å². The van der Waals surface area contributed by atoms with Crippen LogP contribution in [-0.4, -0.2) is 22.3 Å². The van der Waals surface area contributed by atoms with Gasteiger partial charge >= 0.3 is 5.97 Å². The first kappa shape index (κ1) is 13.6. The Labute approximate surface area is 118 Å². The molecule has 1 aromatic carbocycles. The maximum absolute atomic E-state index is 10.9. The number of ether oxygens (including phenoxy) is 1. The van der Waals surface area contributed by atoms with Crippen molar-refractivity contribution in [2.24, 2.45) is 0 Å². The molecule has 1 atom stereocenters. The molecule has 0 saturated heterocycles. The molecule has 0 bridgehead atoms. The zero-order valence-electron chi connectivity index (χ0n) is 10.4. The van der Waals surface area contributed by atoms with E-state index in [9.17, 15) is 4.79 Å². The van der Waals surface area contributed by atoms with Crippen molar-refractivity contribution in [3.63, 3.8) is 0 Å². The molecule has 0 saturated carbocycles. The third-order valence-corrected chi connectivity index (χ3v) is 2.98. The first-order chi connectivity index (χ1) is 8.97. The summed E-state index contributed by atoms with van der Waals surface area (Å²) in [6.07, 6.45) is -0.941. The Balaban J connectivity index is 2.41. The molecule has 0 spiro atoms. The molecule has 0 amide bonds. The molecule has 0 radical (unpaired) electrons. The highest BCUT2D eigenvalue weighted by molar-refractivity contribution is 9.10. The van der Waals surface area contributed by atoms with Gasteiger partial charge in [0.25, 0.3) is 0 Å². The maximum Gasteiger partial charge on any atom is 0.344 e. The van der Waals surface area contributed by atoms with Gasteiger partial charge in [-0.2, -0.15) is 0 Å². The molecule has 2 aromatic rings. The van der Waals surface area contributed by atoms with Gasteiger partial charge in [-0.25, -0.2) is 4.79 Å². The summed E-state index contributed by atoms with van der Waals surface area (Å²) >= 11 is 3.36. The summed E-state index contributed by atoms with van der Waals surface area (Å²) in [5, 5.41) is 12.7. The van der Waals surface area contributed by atoms with E-state index in [-0.39, 0.29) is 0 Å². The number of hydrogen-bond acceptors (Lipinski definition) is 4. The molecular weight excluding hydrogens is 314 g/mol. The number of aromatic nitrogens is 1. The van der Waals surface area contributed by atoms with Gasteiger partial charge in [-0.3, -0.25) is 0 Å². The maximum atomic E-state index is 10.9. The number of aliphatic carboxylic acids is 1. The van der Waals surface area contributed by atoms with E-state index in [2.05, 4.69) is 21.1 Å². The van der Waals surface area contributed by atoms with Gasteiger partial charge in [0.05, 0.1) is 11.3 Å². The molecule has 1 heterocycles. The number of benzene rings is 1. The van der Waals surface area contributed by atoms with Crippen molar-refractivity contribution < 1.29 is 19.2 Å². The van der Waals surface area contributed by atoms with Crippen LogP contribution in [0.4, 0.5) is 0 Å². The van der Waals surface area contributed by atoms with Crippen molar-refractivity contribution in [1.82, 2.24) is 5.16 Å². The summed E-state index contributed by atoms with van der Waals surface area (Å²) in [6.45, 7) is 3.28. The highest BCUT2D eigenvalue weighted by Crippen LogP contribution is 2.33. The molecule has 1 aromatic heterocycles. The molecule has 0 aliphatic heterocycles. The monoisotopic (exact) mass is 325 g/mol. The van der Waals surface area contributed by atoms with E-state index < -0.39 is 12.1 Å². The van der Waals surface area contributed by atoms with Gasteiger partial charge in [0.1, 0.15) is 5.75 Å². The number of carboxylic acid groups (broad SMARTS) is 1. The fourth-order valence-corrected chi connectivity index (χ4v) is 1.89. The Morgan fingerprint density at radius 3 is 2.79 bits per heavy atom. The molecule has 2 rings (SSSR count). The highest BCUT2D eigenvalue weighted by Gasteiger charge is 2.17. The Bertz CT molecular complexity index is 608. The predicted octanol–water partition coefficient (Wildman–Crippen LogP) is 3.26. The largest absolute Gasteiger partial charge is 0.479 e. The van der Waals surface area contributed by atoms with Crippen molar-refractivity contribution in [2.45, 2.75) is 20.0 Å². The lowest BCUT2D eigenvalue weighted by Gasteiger charge is -2.13. The van der Waals surface area contributed by atoms with Crippen LogP contribution in [0.3, 0.4) is 0 Å². The minimum Gasteiger partial charge on any atom is -0.479 e. The standard InChI is InChI=1S/C13H12BrNO4/c1-7-5-12(19-15-7)10-6-9(14)3-4-11(10)18-8(2)13(16)17/h3-6,8H,1-2H3,(H,16,17)/t8-/m0/s1. The first-order valence-electron chi connectivity index (χ1n) is 5.60. The molecule has 1 N–H and O–H groups in total. The summed E-state index contributed by atoms with van der Waals surface area (Å²) in [5.41, 5.74) is 1.40. The van der Waals surface area contributed by atoms with Crippen LogP contribution in [0.2, 0.25) is 0 Å². The zero-order chi connectivity index (χ0) is 14.0. The van der Waals surface area contributed by atoms with Crippen LogP contribution in [0, 0.1) is 6.92 Å². The molecular formula is C13H12BrNO4. The van der Waals surface area contributed by atoms with E-state index in [1.165, 1.54) is 6.92 Å². The second-order valence-corrected chi connectivity index (χ2v) is 4.99. The van der Waals surface area contributed by atoms with Gasteiger partial charge in [0, 0.05) is 10.5 Å². The smallest absolute Gasteiger partial charge is 0.344 e. The fraction of sp³-hybridized carbons (Fsp3) is 0.231. The van der Waals surface area contributed by atoms with Crippen LogP contribution < -0.4 is 4.74 Å². The quantitative estimate of drug-likeness (QED) is 0.933. The normalized spacial score (nSPS) is 12.2. The highest BCUT2D eigenvalue weighted by atomic mass is 79.9. The van der Waals surface area contributed by atoms with Crippen LogP contribution in [-0.2, 0) is 4.79 Å². The number of carboxylic acids is 1. The van der Waals surface area contributed by atoms with Gasteiger partial charge in [-0.05, 0) is 32.0 Å². The number of carbonyl (C=O) groups is 1. The molecule has 5 nitrogen and oxygen atoms in total. The number of rotatable bonds is 4. The van der Waals surface area contributed by atoms with Gasteiger partial charge in [0.15, 0.2) is 11.9 Å². The average Bonchev–Trinajstić information content (AvgIpc) is 2.77. The van der Waals surface area contributed by atoms with E-state index in [1.807, 2.05) is 6.92 Å². The number of hydrogen-bond donors (Lipinski definition) is 1. The molecule has 19 heavy (non-hydrogen) atoms. The van der Waals surface area contributed by atoms with E-state index in [0.717, 1.165) is 10.2 Å². The van der Waals surface area contributed by atoms with Gasteiger partial charge < -0.3 is 14.4 Å². The van der Waals surface area contributed by atoms with Crippen molar-refractivity contribution in [3.8, 4) is 17.1 Å². The molecule has 100 valence electrons. The minimum atomic E-state index is -1.03. The van der Waals surface area contributed by atoms with Crippen LogP contribution in [0.1, 0.15) is 12.6 Å². The minimum absolute atomic E-state index is 0.439. The Kier molecular flexibility index (Phi) is 3.90. The summed E-state index contributed by atoms with van der Waals surface area (Å²) in [5.74, 6) is -0.0525. The van der Waals surface area contributed by atoms with Crippen molar-refractivity contribution in [1.29, 1.82) is 0 Å². The van der Waals surface area contributed by atoms with Crippen LogP contribution in [0.25, 0.3) is 11.3 Å². The molecule has 0 unspecified atom stereocenters. The molecule has 0 aliphatic carbocycles. The lowest BCUT2D eigenvalue weighted by atomic mass is 10.1. The summed E-state index contributed by atoms with van der Waals surface area (Å²) in [4.78, 5) is 10.9. The molecule has 6 heteroatoms. The van der Waals surface area contributed by atoms with Crippen LogP contribution in [0.5, 0.6) is 5.75 Å². The van der Waals surface area contributed by atoms with Crippen molar-refractivity contribution in [2.75, 3.05) is 0 Å². The van der Waals surface area contributed by atoms with Crippen molar-refractivity contribution >= 4 is 21.9 Å². The van der Waals surface area contributed by atoms with Gasteiger partial charge in [-0.1, -0.05) is 21.1 Å². The van der Waals surface area contributed by atoms with E-state index in [0.29, 0.717) is 17.1 Å². The summed E-state index contributed by atoms with van der Waals surface area (Å²) in [7, 11) is 0. The molecule has 0 aliphatic rings. The van der Waals surface area contributed by atoms with Gasteiger partial charge in [-0.15, -0.1) is 0 Å². The fourth-order valence-electron chi connectivity index (χ4n) is 1.53. The van der Waals surface area contributed by atoms with E-state index in [1.54, 1.807) is 24.3 Å². The Morgan fingerprint density at radius 1 is 1.47 bits per heavy atom. The zero-order valence-corrected chi connectivity index (χ0v) is 12.0. The van der Waals surface area contributed by atoms with E-state index >= 15 is 0 Å². The average molecular weight is 326 g/mol. The SMILES string of the molecule is Cc1cc(-c2cc(Br)ccc2O[C@@H](C)C(=O)O)on1.